The maximum Gasteiger partial charge on any atom is 0.0747 e. The van der Waals surface area contributed by atoms with Crippen molar-refractivity contribution in [1.29, 1.82) is 0 Å². The molecule has 2 aliphatic rings. The number of fused-ring (bicyclic) bond motifs is 2. The van der Waals surface area contributed by atoms with Crippen LogP contribution in [-0.4, -0.2) is 37.0 Å². The summed E-state index contributed by atoms with van der Waals surface area (Å²) < 4.78 is 2.17. The number of rotatable bonds is 6. The highest BCUT2D eigenvalue weighted by atomic mass is 15.3. The average Bonchev–Trinajstić information content (AvgIpc) is 3.38. The fraction of sp³-hybridized carbons (Fsp3) is 0.385. The molecule has 6 rings (SSSR count). The summed E-state index contributed by atoms with van der Waals surface area (Å²) in [6.45, 7) is 3.24. The normalized spacial score (nSPS) is 19.6. The monoisotopic (exact) mass is 411 g/mol. The van der Waals surface area contributed by atoms with E-state index in [2.05, 4.69) is 81.4 Å². The minimum Gasteiger partial charge on any atom is -0.293 e. The molecule has 0 amide bonds. The average molecular weight is 412 g/mol. The van der Waals surface area contributed by atoms with Crippen LogP contribution in [0.5, 0.6) is 0 Å². The minimum absolute atomic E-state index is 0.214. The van der Waals surface area contributed by atoms with Gasteiger partial charge in [-0.05, 0) is 61.8 Å². The number of aryl methyl sites for hydroxylation is 1. The Bertz CT molecular complexity index is 1190. The molecule has 5 nitrogen and oxygen atoms in total. The van der Waals surface area contributed by atoms with E-state index in [-0.39, 0.29) is 6.04 Å². The Morgan fingerprint density at radius 3 is 2.74 bits per heavy atom. The number of hydrogen-bond donors (Lipinski definition) is 1. The lowest BCUT2D eigenvalue weighted by Crippen LogP contribution is -2.40. The Morgan fingerprint density at radius 2 is 1.90 bits per heavy atom. The Labute approximate surface area is 183 Å². The highest BCUT2D eigenvalue weighted by Gasteiger charge is 2.36. The van der Waals surface area contributed by atoms with Crippen molar-refractivity contribution >= 4 is 10.9 Å². The molecule has 0 bridgehead atoms. The molecule has 1 saturated carbocycles. The van der Waals surface area contributed by atoms with Crippen LogP contribution in [0.1, 0.15) is 54.6 Å². The molecule has 1 N–H and O–H groups in total. The van der Waals surface area contributed by atoms with Crippen LogP contribution < -0.4 is 0 Å². The number of hydrogen-bond acceptors (Lipinski definition) is 3. The Kier molecular flexibility index (Phi) is 4.64. The molecule has 0 radical (unpaired) electrons. The third-order valence-electron chi connectivity index (χ3n) is 7.21. The molecular weight excluding hydrogens is 382 g/mol. The molecule has 2 aromatic heterocycles. The number of H-pyrrole nitrogens is 1. The molecule has 4 aromatic rings. The third kappa shape index (κ3) is 3.47. The zero-order valence-corrected chi connectivity index (χ0v) is 18.0. The molecule has 0 spiro atoms. The zero-order chi connectivity index (χ0) is 20.8. The van der Waals surface area contributed by atoms with Gasteiger partial charge in [-0.3, -0.25) is 14.7 Å². The van der Waals surface area contributed by atoms with Crippen LogP contribution in [0.3, 0.4) is 0 Å². The van der Waals surface area contributed by atoms with Crippen LogP contribution in [0.15, 0.2) is 60.9 Å². The van der Waals surface area contributed by atoms with Gasteiger partial charge < -0.3 is 0 Å². The zero-order valence-electron chi connectivity index (χ0n) is 18.0. The van der Waals surface area contributed by atoms with Crippen molar-refractivity contribution in [3.63, 3.8) is 0 Å². The van der Waals surface area contributed by atoms with E-state index in [4.69, 9.17) is 5.10 Å². The fourth-order valence-electron chi connectivity index (χ4n) is 5.29. The SMILES string of the molecule is CC(c1ccccc1)n1ncc2c(CN(C3CC3)C3CCc4[nH]ncc4C3)cccc21. The standard InChI is InChI=1S/C26H29N5/c1-18(19-6-3-2-4-7-19)31-26-9-5-8-20(24(26)16-28-31)17-30(22-10-11-22)23-12-13-25-21(14-23)15-27-29-25/h2-9,15-16,18,22-23H,10-14,17H2,1H3,(H,27,29). The second-order valence-electron chi connectivity index (χ2n) is 9.20. The lowest BCUT2D eigenvalue weighted by molar-refractivity contribution is 0.161. The van der Waals surface area contributed by atoms with E-state index in [1.165, 1.54) is 52.5 Å². The van der Waals surface area contributed by atoms with E-state index in [1.807, 2.05) is 6.20 Å². The van der Waals surface area contributed by atoms with Gasteiger partial charge in [0.05, 0.1) is 24.0 Å². The molecule has 2 atom stereocenters. The predicted molar refractivity (Wildman–Crippen MR) is 123 cm³/mol. The predicted octanol–water partition coefficient (Wildman–Crippen LogP) is 4.89. The van der Waals surface area contributed by atoms with Gasteiger partial charge >= 0.3 is 0 Å². The van der Waals surface area contributed by atoms with E-state index in [0.29, 0.717) is 6.04 Å². The summed E-state index contributed by atoms with van der Waals surface area (Å²) in [5.74, 6) is 0. The van der Waals surface area contributed by atoms with Gasteiger partial charge in [0, 0.05) is 29.7 Å². The molecule has 1 fully saturated rings. The molecular formula is C26H29N5. The Balaban J connectivity index is 1.30. The van der Waals surface area contributed by atoms with Crippen molar-refractivity contribution in [3.8, 4) is 0 Å². The van der Waals surface area contributed by atoms with E-state index >= 15 is 0 Å². The Hall–Kier alpha value is -2.92. The summed E-state index contributed by atoms with van der Waals surface area (Å²) in [6, 6.07) is 18.9. The van der Waals surface area contributed by atoms with Crippen molar-refractivity contribution in [1.82, 2.24) is 24.9 Å². The second kappa shape index (κ2) is 7.65. The number of benzene rings is 2. The van der Waals surface area contributed by atoms with Gasteiger partial charge in [0.2, 0.25) is 0 Å². The summed E-state index contributed by atoms with van der Waals surface area (Å²) in [5.41, 5.74) is 6.66. The molecule has 2 heterocycles. The quantitative estimate of drug-likeness (QED) is 0.491. The highest BCUT2D eigenvalue weighted by molar-refractivity contribution is 5.82. The van der Waals surface area contributed by atoms with Crippen LogP contribution in [0.25, 0.3) is 10.9 Å². The molecule has 2 unspecified atom stereocenters. The van der Waals surface area contributed by atoms with Gasteiger partial charge in [-0.2, -0.15) is 10.2 Å². The van der Waals surface area contributed by atoms with E-state index in [9.17, 15) is 0 Å². The molecule has 2 aromatic carbocycles. The molecule has 5 heteroatoms. The van der Waals surface area contributed by atoms with Gasteiger partial charge in [0.1, 0.15) is 0 Å². The molecule has 2 aliphatic carbocycles. The smallest absolute Gasteiger partial charge is 0.0747 e. The maximum absolute atomic E-state index is 4.82. The van der Waals surface area contributed by atoms with Gasteiger partial charge in [0.15, 0.2) is 0 Å². The first-order valence-electron chi connectivity index (χ1n) is 11.5. The van der Waals surface area contributed by atoms with E-state index < -0.39 is 0 Å². The first kappa shape index (κ1) is 18.8. The lowest BCUT2D eigenvalue weighted by Gasteiger charge is -2.34. The van der Waals surface area contributed by atoms with E-state index in [1.54, 1.807) is 0 Å². The first-order chi connectivity index (χ1) is 15.3. The van der Waals surface area contributed by atoms with Crippen LogP contribution >= 0.6 is 0 Å². The number of nitrogens with one attached hydrogen (secondary N) is 1. The summed E-state index contributed by atoms with van der Waals surface area (Å²) in [5, 5.41) is 13.6. The highest BCUT2D eigenvalue weighted by Crippen LogP contribution is 2.36. The van der Waals surface area contributed by atoms with Crippen molar-refractivity contribution < 1.29 is 0 Å². The van der Waals surface area contributed by atoms with Crippen LogP contribution in [0, 0.1) is 0 Å². The third-order valence-corrected chi connectivity index (χ3v) is 7.21. The fourth-order valence-corrected chi connectivity index (χ4v) is 5.29. The van der Waals surface area contributed by atoms with Gasteiger partial charge in [-0.1, -0.05) is 42.5 Å². The first-order valence-corrected chi connectivity index (χ1v) is 11.5. The maximum atomic E-state index is 4.82. The number of aromatic nitrogens is 4. The minimum atomic E-state index is 0.214. The molecule has 31 heavy (non-hydrogen) atoms. The summed E-state index contributed by atoms with van der Waals surface area (Å²) in [7, 11) is 0. The number of aromatic amines is 1. The second-order valence-corrected chi connectivity index (χ2v) is 9.20. The van der Waals surface area contributed by atoms with Gasteiger partial charge in [-0.25, -0.2) is 0 Å². The molecule has 158 valence electrons. The summed E-state index contributed by atoms with van der Waals surface area (Å²) in [6.07, 6.45) is 10.2. The van der Waals surface area contributed by atoms with Crippen LogP contribution in [0.2, 0.25) is 0 Å². The topological polar surface area (TPSA) is 49.7 Å². The van der Waals surface area contributed by atoms with Gasteiger partial charge in [-0.15, -0.1) is 0 Å². The lowest BCUT2D eigenvalue weighted by atomic mass is 9.92. The van der Waals surface area contributed by atoms with Crippen molar-refractivity contribution in [3.05, 3.63) is 83.3 Å². The van der Waals surface area contributed by atoms with Crippen LogP contribution in [0.4, 0.5) is 0 Å². The van der Waals surface area contributed by atoms with Gasteiger partial charge in [0.25, 0.3) is 0 Å². The van der Waals surface area contributed by atoms with Crippen molar-refractivity contribution in [2.75, 3.05) is 0 Å². The Morgan fingerprint density at radius 1 is 1.03 bits per heavy atom. The molecule has 0 aliphatic heterocycles. The van der Waals surface area contributed by atoms with Crippen molar-refractivity contribution in [2.45, 2.75) is 63.7 Å². The summed E-state index contributed by atoms with van der Waals surface area (Å²) in [4.78, 5) is 2.77. The van der Waals surface area contributed by atoms with Crippen LogP contribution in [-0.2, 0) is 19.4 Å². The molecule has 0 saturated heterocycles. The van der Waals surface area contributed by atoms with Crippen molar-refractivity contribution in [2.24, 2.45) is 0 Å². The largest absolute Gasteiger partial charge is 0.293 e. The number of nitrogens with zero attached hydrogens (tertiary/aromatic N) is 4. The summed E-state index contributed by atoms with van der Waals surface area (Å²) >= 11 is 0. The van der Waals surface area contributed by atoms with E-state index in [0.717, 1.165) is 25.4 Å².